The number of nitrogens with zero attached hydrogens (tertiary/aromatic N) is 2. The third-order valence-electron chi connectivity index (χ3n) is 4.80. The van der Waals surface area contributed by atoms with Gasteiger partial charge in [0.15, 0.2) is 0 Å². The summed E-state index contributed by atoms with van der Waals surface area (Å²) in [6.45, 7) is 5.68. The maximum atomic E-state index is 12.5. The number of nitrogens with one attached hydrogen (secondary N) is 1. The standard InChI is InChI=1S/C17H22ClN3O2/c1-12(14-8-19-9-14)17(23)21-6-5-20(16(22)11-21)10-13-3-2-4-15(18)7-13/h2-4,7,12,14,19H,5-6,8-11H2,1H3. The van der Waals surface area contributed by atoms with E-state index in [1.54, 1.807) is 9.80 Å². The van der Waals surface area contributed by atoms with E-state index in [1.165, 1.54) is 0 Å². The molecule has 3 rings (SSSR count). The molecule has 5 nitrogen and oxygen atoms in total. The second-order valence-electron chi connectivity index (χ2n) is 6.41. The fraction of sp³-hybridized carbons (Fsp3) is 0.529. The number of carbonyl (C=O) groups excluding carboxylic acids is 2. The van der Waals surface area contributed by atoms with Crippen LogP contribution in [0.2, 0.25) is 5.02 Å². The normalized spacial score (nSPS) is 20.3. The number of amides is 2. The highest BCUT2D eigenvalue weighted by Crippen LogP contribution is 2.20. The van der Waals surface area contributed by atoms with Crippen molar-refractivity contribution in [3.05, 3.63) is 34.9 Å². The minimum absolute atomic E-state index is 0.00325. The Morgan fingerprint density at radius 2 is 2.17 bits per heavy atom. The van der Waals surface area contributed by atoms with E-state index in [1.807, 2.05) is 31.2 Å². The van der Waals surface area contributed by atoms with Crippen LogP contribution in [0.3, 0.4) is 0 Å². The van der Waals surface area contributed by atoms with Crippen molar-refractivity contribution in [1.82, 2.24) is 15.1 Å². The molecule has 0 radical (unpaired) electrons. The molecule has 1 unspecified atom stereocenters. The SMILES string of the molecule is CC(C(=O)N1CCN(Cc2cccc(Cl)c2)C(=O)C1)C1CNC1. The smallest absolute Gasteiger partial charge is 0.242 e. The van der Waals surface area contributed by atoms with Gasteiger partial charge in [-0.15, -0.1) is 0 Å². The van der Waals surface area contributed by atoms with Gasteiger partial charge >= 0.3 is 0 Å². The first-order valence-corrected chi connectivity index (χ1v) is 8.44. The highest BCUT2D eigenvalue weighted by Gasteiger charge is 2.34. The molecule has 0 spiro atoms. The number of rotatable bonds is 4. The Balaban J connectivity index is 1.56. The molecule has 2 fully saturated rings. The maximum absolute atomic E-state index is 12.5. The fourth-order valence-electron chi connectivity index (χ4n) is 3.07. The lowest BCUT2D eigenvalue weighted by molar-refractivity contribution is -0.149. The molecule has 6 heteroatoms. The number of benzene rings is 1. The first kappa shape index (κ1) is 16.3. The summed E-state index contributed by atoms with van der Waals surface area (Å²) >= 11 is 5.99. The van der Waals surface area contributed by atoms with Crippen molar-refractivity contribution in [2.45, 2.75) is 13.5 Å². The molecule has 1 aromatic carbocycles. The minimum atomic E-state index is -0.0106. The number of halogens is 1. The zero-order chi connectivity index (χ0) is 16.4. The number of piperazine rings is 1. The van der Waals surface area contributed by atoms with Gasteiger partial charge in [-0.05, 0) is 36.7 Å². The molecule has 23 heavy (non-hydrogen) atoms. The van der Waals surface area contributed by atoms with Crippen LogP contribution in [0.15, 0.2) is 24.3 Å². The highest BCUT2D eigenvalue weighted by atomic mass is 35.5. The lowest BCUT2D eigenvalue weighted by atomic mass is 9.88. The molecule has 1 N–H and O–H groups in total. The molecule has 0 saturated carbocycles. The van der Waals surface area contributed by atoms with Gasteiger partial charge in [0.25, 0.3) is 0 Å². The molecule has 1 aromatic rings. The molecule has 0 bridgehead atoms. The van der Waals surface area contributed by atoms with Crippen LogP contribution in [0.1, 0.15) is 12.5 Å². The van der Waals surface area contributed by atoms with E-state index in [0.29, 0.717) is 30.6 Å². The second kappa shape index (κ2) is 6.89. The molecule has 2 aliphatic rings. The van der Waals surface area contributed by atoms with Crippen LogP contribution in [0.5, 0.6) is 0 Å². The molecule has 0 aromatic heterocycles. The Labute approximate surface area is 141 Å². The van der Waals surface area contributed by atoms with Gasteiger partial charge in [0.1, 0.15) is 0 Å². The summed E-state index contributed by atoms with van der Waals surface area (Å²) in [5.74, 6) is 0.501. The zero-order valence-corrected chi connectivity index (χ0v) is 14.1. The second-order valence-corrected chi connectivity index (χ2v) is 6.85. The van der Waals surface area contributed by atoms with Crippen molar-refractivity contribution in [3.8, 4) is 0 Å². The van der Waals surface area contributed by atoms with Gasteiger partial charge in [0.05, 0.1) is 6.54 Å². The maximum Gasteiger partial charge on any atom is 0.242 e. The largest absolute Gasteiger partial charge is 0.335 e. The van der Waals surface area contributed by atoms with Crippen LogP contribution in [-0.4, -0.2) is 54.3 Å². The first-order chi connectivity index (χ1) is 11.0. The predicted octanol–water partition coefficient (Wildman–Crippen LogP) is 1.37. The van der Waals surface area contributed by atoms with Gasteiger partial charge in [0, 0.05) is 30.6 Å². The highest BCUT2D eigenvalue weighted by molar-refractivity contribution is 6.30. The van der Waals surface area contributed by atoms with E-state index in [9.17, 15) is 9.59 Å². The van der Waals surface area contributed by atoms with Crippen molar-refractivity contribution < 1.29 is 9.59 Å². The third-order valence-corrected chi connectivity index (χ3v) is 5.04. The number of hydrogen-bond acceptors (Lipinski definition) is 3. The van der Waals surface area contributed by atoms with E-state index in [2.05, 4.69) is 5.32 Å². The molecule has 1 atom stereocenters. The fourth-order valence-corrected chi connectivity index (χ4v) is 3.29. The predicted molar refractivity (Wildman–Crippen MR) is 89.0 cm³/mol. The summed E-state index contributed by atoms with van der Waals surface area (Å²) in [5.41, 5.74) is 1.01. The van der Waals surface area contributed by atoms with Crippen LogP contribution in [0.4, 0.5) is 0 Å². The van der Waals surface area contributed by atoms with Gasteiger partial charge in [-0.3, -0.25) is 9.59 Å². The minimum Gasteiger partial charge on any atom is -0.335 e. The van der Waals surface area contributed by atoms with Crippen molar-refractivity contribution in [1.29, 1.82) is 0 Å². The van der Waals surface area contributed by atoms with Crippen LogP contribution in [0, 0.1) is 11.8 Å². The Morgan fingerprint density at radius 1 is 1.39 bits per heavy atom. The van der Waals surface area contributed by atoms with Gasteiger partial charge in [-0.1, -0.05) is 30.7 Å². The summed E-state index contributed by atoms with van der Waals surface area (Å²) in [6.07, 6.45) is 0. The van der Waals surface area contributed by atoms with E-state index < -0.39 is 0 Å². The van der Waals surface area contributed by atoms with E-state index in [0.717, 1.165) is 18.7 Å². The Hall–Kier alpha value is -1.59. The third kappa shape index (κ3) is 3.67. The lowest BCUT2D eigenvalue weighted by Gasteiger charge is -2.38. The molecular formula is C17H22ClN3O2. The van der Waals surface area contributed by atoms with Gasteiger partial charge in [-0.2, -0.15) is 0 Å². The van der Waals surface area contributed by atoms with E-state index in [-0.39, 0.29) is 24.3 Å². The van der Waals surface area contributed by atoms with E-state index in [4.69, 9.17) is 11.6 Å². The van der Waals surface area contributed by atoms with Crippen LogP contribution < -0.4 is 5.32 Å². The van der Waals surface area contributed by atoms with Crippen LogP contribution in [0.25, 0.3) is 0 Å². The number of hydrogen-bond donors (Lipinski definition) is 1. The lowest BCUT2D eigenvalue weighted by Crippen LogP contribution is -2.56. The van der Waals surface area contributed by atoms with Gasteiger partial charge in [-0.25, -0.2) is 0 Å². The Morgan fingerprint density at radius 3 is 2.78 bits per heavy atom. The summed E-state index contributed by atoms with van der Waals surface area (Å²) < 4.78 is 0. The average Bonchev–Trinajstić information content (AvgIpc) is 2.47. The van der Waals surface area contributed by atoms with Gasteiger partial charge in [0.2, 0.25) is 11.8 Å². The zero-order valence-electron chi connectivity index (χ0n) is 13.3. The summed E-state index contributed by atoms with van der Waals surface area (Å²) in [5, 5.41) is 3.86. The first-order valence-electron chi connectivity index (χ1n) is 8.06. The quantitative estimate of drug-likeness (QED) is 0.904. The van der Waals surface area contributed by atoms with Crippen molar-refractivity contribution in [2.75, 3.05) is 32.7 Å². The van der Waals surface area contributed by atoms with Gasteiger partial charge < -0.3 is 15.1 Å². The molecule has 2 aliphatic heterocycles. The van der Waals surface area contributed by atoms with E-state index >= 15 is 0 Å². The molecule has 2 saturated heterocycles. The topological polar surface area (TPSA) is 52.7 Å². The molecule has 2 amide bonds. The molecule has 0 aliphatic carbocycles. The summed E-state index contributed by atoms with van der Waals surface area (Å²) in [4.78, 5) is 28.4. The monoisotopic (exact) mass is 335 g/mol. The Bertz CT molecular complexity index is 603. The van der Waals surface area contributed by atoms with Crippen LogP contribution in [-0.2, 0) is 16.1 Å². The average molecular weight is 336 g/mol. The Kier molecular flexibility index (Phi) is 4.87. The van der Waals surface area contributed by atoms with Crippen molar-refractivity contribution in [2.24, 2.45) is 11.8 Å². The number of carbonyl (C=O) groups is 2. The van der Waals surface area contributed by atoms with Crippen molar-refractivity contribution >= 4 is 23.4 Å². The van der Waals surface area contributed by atoms with Crippen LogP contribution >= 0.6 is 11.6 Å². The molecular weight excluding hydrogens is 314 g/mol. The van der Waals surface area contributed by atoms with Crippen molar-refractivity contribution in [3.63, 3.8) is 0 Å². The molecule has 2 heterocycles. The summed E-state index contributed by atoms with van der Waals surface area (Å²) in [7, 11) is 0. The molecule has 124 valence electrons. The summed E-state index contributed by atoms with van der Waals surface area (Å²) in [6, 6.07) is 7.54.